The molecule has 0 saturated heterocycles. The minimum atomic E-state index is -4.68. The van der Waals surface area contributed by atoms with Crippen LogP contribution in [-0.4, -0.2) is 23.2 Å². The predicted octanol–water partition coefficient (Wildman–Crippen LogP) is 10.0. The number of alkyl halides is 3. The maximum absolute atomic E-state index is 14.2. The minimum absolute atomic E-state index is 0.183. The van der Waals surface area contributed by atoms with E-state index in [1.54, 1.807) is 6.92 Å². The summed E-state index contributed by atoms with van der Waals surface area (Å²) >= 11 is 5.61. The van der Waals surface area contributed by atoms with Crippen LogP contribution in [0.2, 0.25) is 5.02 Å². The van der Waals surface area contributed by atoms with Crippen molar-refractivity contribution in [3.63, 3.8) is 0 Å². The van der Waals surface area contributed by atoms with Gasteiger partial charge >= 0.3 is 6.18 Å². The summed E-state index contributed by atoms with van der Waals surface area (Å²) in [4.78, 5) is 12.3. The molecular weight excluding hydrogens is 530 g/mol. The van der Waals surface area contributed by atoms with Gasteiger partial charge in [-0.15, -0.1) is 0 Å². The molecule has 1 aromatic carbocycles. The summed E-state index contributed by atoms with van der Waals surface area (Å²) in [6.07, 6.45) is 15.8. The maximum atomic E-state index is 14.2. The van der Waals surface area contributed by atoms with Gasteiger partial charge in [0.2, 0.25) is 5.91 Å². The monoisotopic (exact) mass is 577 g/mol. The molecule has 39 heavy (non-hydrogen) atoms. The van der Waals surface area contributed by atoms with Crippen molar-refractivity contribution in [3.8, 4) is 0 Å². The molecule has 0 aromatic heterocycles. The van der Waals surface area contributed by atoms with E-state index >= 15 is 0 Å². The molecule has 8 heteroatoms. The highest BCUT2D eigenvalue weighted by molar-refractivity contribution is 6.31. The fourth-order valence-electron chi connectivity index (χ4n) is 4.60. The van der Waals surface area contributed by atoms with Gasteiger partial charge in [0.1, 0.15) is 5.82 Å². The van der Waals surface area contributed by atoms with Gasteiger partial charge in [-0.25, -0.2) is 4.39 Å². The molecule has 0 unspecified atom stereocenters. The Labute approximate surface area is 237 Å². The van der Waals surface area contributed by atoms with Crippen molar-refractivity contribution >= 4 is 23.6 Å². The highest BCUT2D eigenvalue weighted by Gasteiger charge is 2.32. The Bertz CT molecular complexity index is 845. The van der Waals surface area contributed by atoms with Crippen LogP contribution in [0.15, 0.2) is 18.2 Å². The van der Waals surface area contributed by atoms with Crippen LogP contribution in [0.1, 0.15) is 134 Å². The number of halogens is 5. The number of hydrogen-bond donors (Lipinski definition) is 2. The van der Waals surface area contributed by atoms with Crippen LogP contribution in [0, 0.1) is 5.82 Å². The molecule has 1 rings (SSSR count). The molecule has 0 bridgehead atoms. The highest BCUT2D eigenvalue weighted by atomic mass is 35.5. The fourth-order valence-corrected chi connectivity index (χ4v) is 4.82. The molecule has 2 atom stereocenters. The first-order chi connectivity index (χ1) is 18.6. The zero-order valence-electron chi connectivity index (χ0n) is 23.7. The van der Waals surface area contributed by atoms with Gasteiger partial charge in [0.05, 0.1) is 22.7 Å². The maximum Gasteiger partial charge on any atom is 0.416 e. The normalized spacial score (nSPS) is 13.6. The number of rotatable bonds is 21. The van der Waals surface area contributed by atoms with Crippen molar-refractivity contribution in [2.45, 2.75) is 141 Å². The predicted molar refractivity (Wildman–Crippen MR) is 153 cm³/mol. The van der Waals surface area contributed by atoms with Crippen LogP contribution >= 0.6 is 11.6 Å². The molecule has 0 aliphatic rings. The smallest absolute Gasteiger partial charge is 0.387 e. The molecule has 0 aliphatic carbocycles. The summed E-state index contributed by atoms with van der Waals surface area (Å²) in [6.45, 7) is 4.02. The van der Waals surface area contributed by atoms with Crippen LogP contribution in [0.25, 0.3) is 6.08 Å². The lowest BCUT2D eigenvalue weighted by Gasteiger charge is -2.20. The third-order valence-corrected chi connectivity index (χ3v) is 7.34. The number of carbonyl (C=O) groups is 1. The number of aliphatic hydroxyl groups is 1. The number of unbranched alkanes of at least 4 members (excludes halogenated alkanes) is 14. The standard InChI is InChI=1S/C31H48ClF4NO2/c1-3-5-6-7-8-9-10-11-12-13-14-15-16-17-18-19-29(39)37-27(4-2)28(38)21-20-24-22-25(31(34,35)36)23-26(32)30(24)33/h20-23,27-28,38H,3-19H2,1-2H3,(H,37,39)/b21-20+/t27-,28+/m0/s1. The Morgan fingerprint density at radius 2 is 1.38 bits per heavy atom. The van der Waals surface area contributed by atoms with Crippen LogP contribution in [-0.2, 0) is 11.0 Å². The Kier molecular flexibility index (Phi) is 18.4. The van der Waals surface area contributed by atoms with Crippen molar-refractivity contribution in [1.82, 2.24) is 5.32 Å². The zero-order valence-corrected chi connectivity index (χ0v) is 24.5. The van der Waals surface area contributed by atoms with E-state index in [-0.39, 0.29) is 11.5 Å². The SMILES string of the molecule is CCCCCCCCCCCCCCCCCC(=O)N[C@@H](CC)[C@H](O)/C=C/c1cc(C(F)(F)F)cc(Cl)c1F. The van der Waals surface area contributed by atoms with E-state index in [0.29, 0.717) is 25.0 Å². The minimum Gasteiger partial charge on any atom is -0.387 e. The molecule has 0 heterocycles. The average Bonchev–Trinajstić information content (AvgIpc) is 2.89. The summed E-state index contributed by atoms with van der Waals surface area (Å²) in [6, 6.07) is 0.535. The van der Waals surface area contributed by atoms with Crippen LogP contribution in [0.4, 0.5) is 17.6 Å². The summed E-state index contributed by atoms with van der Waals surface area (Å²) < 4.78 is 53.2. The van der Waals surface area contributed by atoms with E-state index in [2.05, 4.69) is 12.2 Å². The highest BCUT2D eigenvalue weighted by Crippen LogP contribution is 2.34. The number of hydrogen-bond acceptors (Lipinski definition) is 2. The third-order valence-electron chi connectivity index (χ3n) is 7.06. The largest absolute Gasteiger partial charge is 0.416 e. The molecule has 0 fully saturated rings. The van der Waals surface area contributed by atoms with E-state index in [1.165, 1.54) is 83.1 Å². The lowest BCUT2D eigenvalue weighted by atomic mass is 10.0. The number of carbonyl (C=O) groups excluding carboxylic acids is 1. The third kappa shape index (κ3) is 15.7. The van der Waals surface area contributed by atoms with Crippen LogP contribution < -0.4 is 5.32 Å². The second kappa shape index (κ2) is 20.3. The van der Waals surface area contributed by atoms with E-state index in [4.69, 9.17) is 11.6 Å². The second-order valence-corrected chi connectivity index (χ2v) is 10.9. The quantitative estimate of drug-likeness (QED) is 0.113. The number of benzene rings is 1. The molecule has 2 N–H and O–H groups in total. The van der Waals surface area contributed by atoms with Gasteiger partial charge in [-0.3, -0.25) is 4.79 Å². The molecule has 3 nitrogen and oxygen atoms in total. The van der Waals surface area contributed by atoms with E-state index in [1.807, 2.05) is 0 Å². The fraction of sp³-hybridized carbons (Fsp3) is 0.710. The van der Waals surface area contributed by atoms with Gasteiger partial charge in [-0.2, -0.15) is 13.2 Å². The first-order valence-electron chi connectivity index (χ1n) is 14.8. The second-order valence-electron chi connectivity index (χ2n) is 10.5. The molecule has 0 radical (unpaired) electrons. The summed E-state index contributed by atoms with van der Waals surface area (Å²) in [5.74, 6) is -1.18. The zero-order chi connectivity index (χ0) is 29.1. The van der Waals surface area contributed by atoms with Crippen LogP contribution in [0.5, 0.6) is 0 Å². The van der Waals surface area contributed by atoms with Crippen molar-refractivity contribution in [1.29, 1.82) is 0 Å². The first-order valence-corrected chi connectivity index (χ1v) is 15.2. The Hall–Kier alpha value is -1.60. The van der Waals surface area contributed by atoms with E-state index in [0.717, 1.165) is 25.3 Å². The average molecular weight is 578 g/mol. The molecule has 0 saturated carbocycles. The Morgan fingerprint density at radius 1 is 0.897 bits per heavy atom. The molecular formula is C31H48ClF4NO2. The molecule has 1 amide bonds. The first kappa shape index (κ1) is 35.4. The Balaban J connectivity index is 2.25. The number of amides is 1. The lowest BCUT2D eigenvalue weighted by Crippen LogP contribution is -2.42. The van der Waals surface area contributed by atoms with Crippen molar-refractivity contribution < 1.29 is 27.5 Å². The van der Waals surface area contributed by atoms with Crippen molar-refractivity contribution in [3.05, 3.63) is 40.2 Å². The van der Waals surface area contributed by atoms with Gasteiger partial charge < -0.3 is 10.4 Å². The number of nitrogens with one attached hydrogen (secondary N) is 1. The number of aliphatic hydroxyl groups excluding tert-OH is 1. The van der Waals surface area contributed by atoms with Gasteiger partial charge in [0.15, 0.2) is 0 Å². The van der Waals surface area contributed by atoms with Crippen LogP contribution in [0.3, 0.4) is 0 Å². The van der Waals surface area contributed by atoms with E-state index in [9.17, 15) is 27.5 Å². The molecule has 0 aliphatic heterocycles. The van der Waals surface area contributed by atoms with Gasteiger partial charge in [0.25, 0.3) is 0 Å². The summed E-state index contributed by atoms with van der Waals surface area (Å²) in [7, 11) is 0. The summed E-state index contributed by atoms with van der Waals surface area (Å²) in [5.41, 5.74) is -1.46. The molecule has 0 spiro atoms. The molecule has 1 aromatic rings. The van der Waals surface area contributed by atoms with Crippen molar-refractivity contribution in [2.75, 3.05) is 0 Å². The van der Waals surface area contributed by atoms with Gasteiger partial charge in [-0.1, -0.05) is 127 Å². The van der Waals surface area contributed by atoms with Gasteiger partial charge in [-0.05, 0) is 25.0 Å². The summed E-state index contributed by atoms with van der Waals surface area (Å²) in [5, 5.41) is 12.6. The Morgan fingerprint density at radius 3 is 1.85 bits per heavy atom. The van der Waals surface area contributed by atoms with Crippen molar-refractivity contribution in [2.24, 2.45) is 0 Å². The lowest BCUT2D eigenvalue weighted by molar-refractivity contribution is -0.137. The topological polar surface area (TPSA) is 49.3 Å². The van der Waals surface area contributed by atoms with E-state index < -0.39 is 34.7 Å². The van der Waals surface area contributed by atoms with Gasteiger partial charge in [0, 0.05) is 12.0 Å². The molecule has 224 valence electrons.